The second-order valence-corrected chi connectivity index (χ2v) is 4.15. The van der Waals surface area contributed by atoms with Crippen LogP contribution < -0.4 is 10.6 Å². The summed E-state index contributed by atoms with van der Waals surface area (Å²) in [5, 5.41) is 3.84. The van der Waals surface area contributed by atoms with Gasteiger partial charge in [0.1, 0.15) is 0 Å². The van der Waals surface area contributed by atoms with Crippen molar-refractivity contribution in [3.05, 3.63) is 29.8 Å². The molecule has 1 rings (SSSR count). The molecular weight excluding hydrogens is 237 g/mol. The average molecular weight is 255 g/mol. The molecular formula is C12H18NO3P. The minimum absolute atomic E-state index is 0.0784. The van der Waals surface area contributed by atoms with Gasteiger partial charge in [-0.2, -0.15) is 0 Å². The molecule has 1 N–H and O–H groups in total. The lowest BCUT2D eigenvalue weighted by Crippen LogP contribution is -2.27. The highest BCUT2D eigenvalue weighted by atomic mass is 31.0. The first kappa shape index (κ1) is 14.1. The standard InChI is InChI=1S/C12H18NO3P/c1-15-8-9-16-7-6-13-12(14)10-2-4-11(17)5-3-10/h2-5H,6-9,17H2,1H3,(H,13,14). The molecule has 0 radical (unpaired) electrons. The molecule has 1 aromatic rings. The Morgan fingerprint density at radius 3 is 2.59 bits per heavy atom. The summed E-state index contributed by atoms with van der Waals surface area (Å²) in [5.74, 6) is -0.0784. The van der Waals surface area contributed by atoms with Gasteiger partial charge >= 0.3 is 0 Å². The van der Waals surface area contributed by atoms with Crippen LogP contribution in [0.2, 0.25) is 0 Å². The summed E-state index contributed by atoms with van der Waals surface area (Å²) in [5.41, 5.74) is 0.660. The maximum absolute atomic E-state index is 11.6. The normalized spacial score (nSPS) is 10.2. The molecule has 0 aliphatic rings. The van der Waals surface area contributed by atoms with E-state index in [1.807, 2.05) is 12.1 Å². The van der Waals surface area contributed by atoms with E-state index in [0.29, 0.717) is 31.9 Å². The van der Waals surface area contributed by atoms with Crippen LogP contribution in [0, 0.1) is 0 Å². The zero-order valence-corrected chi connectivity index (χ0v) is 11.1. The smallest absolute Gasteiger partial charge is 0.251 e. The second kappa shape index (κ2) is 8.18. The second-order valence-electron chi connectivity index (χ2n) is 3.48. The molecule has 0 aliphatic carbocycles. The quantitative estimate of drug-likeness (QED) is 0.572. The third kappa shape index (κ3) is 5.78. The molecule has 1 atom stereocenters. The summed E-state index contributed by atoms with van der Waals surface area (Å²) in [6.45, 7) is 2.12. The highest BCUT2D eigenvalue weighted by Crippen LogP contribution is 1.98. The number of amides is 1. The number of nitrogens with one attached hydrogen (secondary N) is 1. The van der Waals surface area contributed by atoms with Crippen LogP contribution in [0.25, 0.3) is 0 Å². The maximum Gasteiger partial charge on any atom is 0.251 e. The molecule has 0 spiro atoms. The van der Waals surface area contributed by atoms with Crippen LogP contribution in [0.1, 0.15) is 10.4 Å². The van der Waals surface area contributed by atoms with Crippen molar-refractivity contribution in [1.82, 2.24) is 5.32 Å². The minimum atomic E-state index is -0.0784. The lowest BCUT2D eigenvalue weighted by Gasteiger charge is -2.06. The topological polar surface area (TPSA) is 47.6 Å². The number of methoxy groups -OCH3 is 1. The Bertz CT molecular complexity index is 340. The van der Waals surface area contributed by atoms with Crippen LogP contribution >= 0.6 is 9.24 Å². The lowest BCUT2D eigenvalue weighted by molar-refractivity contribution is 0.0692. The van der Waals surface area contributed by atoms with Gasteiger partial charge in [0, 0.05) is 19.2 Å². The molecule has 0 saturated heterocycles. The van der Waals surface area contributed by atoms with Crippen LogP contribution in [-0.2, 0) is 9.47 Å². The van der Waals surface area contributed by atoms with Gasteiger partial charge in [0.05, 0.1) is 19.8 Å². The monoisotopic (exact) mass is 255 g/mol. The number of carbonyl (C=O) groups is 1. The van der Waals surface area contributed by atoms with E-state index in [-0.39, 0.29) is 5.91 Å². The number of carbonyl (C=O) groups excluding carboxylic acids is 1. The summed E-state index contributed by atoms with van der Waals surface area (Å²) < 4.78 is 10.1. The molecule has 17 heavy (non-hydrogen) atoms. The summed E-state index contributed by atoms with van der Waals surface area (Å²) in [6.07, 6.45) is 0. The van der Waals surface area contributed by atoms with Gasteiger partial charge in [-0.3, -0.25) is 4.79 Å². The first-order valence-electron chi connectivity index (χ1n) is 5.44. The van der Waals surface area contributed by atoms with Gasteiger partial charge in [0.2, 0.25) is 0 Å². The summed E-state index contributed by atoms with van der Waals surface area (Å²) >= 11 is 0. The summed E-state index contributed by atoms with van der Waals surface area (Å²) in [4.78, 5) is 11.6. The Kier molecular flexibility index (Phi) is 6.78. The van der Waals surface area contributed by atoms with E-state index < -0.39 is 0 Å². The van der Waals surface area contributed by atoms with E-state index in [2.05, 4.69) is 14.6 Å². The Labute approximate surface area is 104 Å². The molecule has 0 bridgehead atoms. The molecule has 0 saturated carbocycles. The average Bonchev–Trinajstić information content (AvgIpc) is 2.34. The molecule has 1 amide bonds. The van der Waals surface area contributed by atoms with Gasteiger partial charge in [0.25, 0.3) is 5.91 Å². The van der Waals surface area contributed by atoms with Crippen molar-refractivity contribution in [3.8, 4) is 0 Å². The molecule has 4 nitrogen and oxygen atoms in total. The fourth-order valence-electron chi connectivity index (χ4n) is 1.22. The van der Waals surface area contributed by atoms with Crippen molar-refractivity contribution in [2.24, 2.45) is 0 Å². The SMILES string of the molecule is COCCOCCNC(=O)c1ccc(P)cc1. The van der Waals surface area contributed by atoms with Gasteiger partial charge in [-0.05, 0) is 17.4 Å². The van der Waals surface area contributed by atoms with Crippen LogP contribution in [0.4, 0.5) is 0 Å². The van der Waals surface area contributed by atoms with Gasteiger partial charge in [0.15, 0.2) is 0 Å². The van der Waals surface area contributed by atoms with E-state index in [0.717, 1.165) is 5.30 Å². The highest BCUT2D eigenvalue weighted by Gasteiger charge is 2.03. The van der Waals surface area contributed by atoms with Gasteiger partial charge in [-0.15, -0.1) is 9.24 Å². The number of hydrogen-bond acceptors (Lipinski definition) is 3. The van der Waals surface area contributed by atoms with Crippen molar-refractivity contribution in [2.45, 2.75) is 0 Å². The molecule has 5 heteroatoms. The van der Waals surface area contributed by atoms with Crippen LogP contribution in [0.15, 0.2) is 24.3 Å². The number of hydrogen-bond donors (Lipinski definition) is 1. The van der Waals surface area contributed by atoms with E-state index in [1.165, 1.54) is 0 Å². The zero-order chi connectivity index (χ0) is 12.5. The van der Waals surface area contributed by atoms with Crippen LogP contribution in [0.5, 0.6) is 0 Å². The lowest BCUT2D eigenvalue weighted by atomic mass is 10.2. The molecule has 94 valence electrons. The maximum atomic E-state index is 11.6. The molecule has 1 aromatic carbocycles. The summed E-state index contributed by atoms with van der Waals surface area (Å²) in [7, 11) is 4.21. The van der Waals surface area contributed by atoms with Crippen LogP contribution in [-0.4, -0.2) is 39.4 Å². The first-order valence-corrected chi connectivity index (χ1v) is 6.02. The van der Waals surface area contributed by atoms with Crippen molar-refractivity contribution < 1.29 is 14.3 Å². The van der Waals surface area contributed by atoms with Crippen molar-refractivity contribution in [3.63, 3.8) is 0 Å². The van der Waals surface area contributed by atoms with Crippen molar-refractivity contribution in [2.75, 3.05) is 33.5 Å². The van der Waals surface area contributed by atoms with E-state index in [4.69, 9.17) is 9.47 Å². The Balaban J connectivity index is 2.19. The van der Waals surface area contributed by atoms with E-state index in [1.54, 1.807) is 19.2 Å². The number of ether oxygens (including phenoxy) is 2. The molecule has 0 fully saturated rings. The number of benzene rings is 1. The van der Waals surface area contributed by atoms with Gasteiger partial charge < -0.3 is 14.8 Å². The van der Waals surface area contributed by atoms with Crippen molar-refractivity contribution >= 4 is 20.5 Å². The minimum Gasteiger partial charge on any atom is -0.382 e. The van der Waals surface area contributed by atoms with Gasteiger partial charge in [-0.1, -0.05) is 12.1 Å². The highest BCUT2D eigenvalue weighted by molar-refractivity contribution is 7.27. The first-order chi connectivity index (χ1) is 8.24. The fraction of sp³-hybridized carbons (Fsp3) is 0.417. The number of rotatable bonds is 7. The predicted molar refractivity (Wildman–Crippen MR) is 70.8 cm³/mol. The predicted octanol–water partition coefficient (Wildman–Crippen LogP) is 0.580. The van der Waals surface area contributed by atoms with Gasteiger partial charge in [-0.25, -0.2) is 0 Å². The van der Waals surface area contributed by atoms with Crippen molar-refractivity contribution in [1.29, 1.82) is 0 Å². The molecule has 0 aliphatic heterocycles. The summed E-state index contributed by atoms with van der Waals surface area (Å²) in [6, 6.07) is 7.36. The Morgan fingerprint density at radius 2 is 1.94 bits per heavy atom. The molecule has 1 unspecified atom stereocenters. The molecule has 0 aromatic heterocycles. The molecule has 0 heterocycles. The van der Waals surface area contributed by atoms with E-state index >= 15 is 0 Å². The third-order valence-electron chi connectivity index (χ3n) is 2.14. The largest absolute Gasteiger partial charge is 0.382 e. The Morgan fingerprint density at radius 1 is 1.24 bits per heavy atom. The van der Waals surface area contributed by atoms with E-state index in [9.17, 15) is 4.79 Å². The zero-order valence-electron chi connectivity index (χ0n) is 9.94. The third-order valence-corrected chi connectivity index (χ3v) is 2.52. The Hall–Kier alpha value is -0.960. The fourth-order valence-corrected chi connectivity index (χ4v) is 1.41. The van der Waals surface area contributed by atoms with Crippen LogP contribution in [0.3, 0.4) is 0 Å².